The molecule has 1 aromatic carbocycles. The van der Waals surface area contributed by atoms with Gasteiger partial charge in [0, 0.05) is 18.2 Å². The third-order valence-corrected chi connectivity index (χ3v) is 5.01. The molecule has 6 nitrogen and oxygen atoms in total. The Kier molecular flexibility index (Phi) is 7.39. The van der Waals surface area contributed by atoms with Crippen molar-refractivity contribution < 1.29 is 9.84 Å². The lowest BCUT2D eigenvalue weighted by molar-refractivity contribution is 0.215. The number of hydrogen-bond donors (Lipinski definition) is 1. The highest BCUT2D eigenvalue weighted by Gasteiger charge is 2.18. The van der Waals surface area contributed by atoms with Gasteiger partial charge in [0.05, 0.1) is 12.2 Å². The minimum absolute atomic E-state index is 0.146. The van der Waals surface area contributed by atoms with Crippen LogP contribution in [0.25, 0.3) is 11.4 Å². The molecule has 146 valence electrons. The van der Waals surface area contributed by atoms with Gasteiger partial charge >= 0.3 is 0 Å². The van der Waals surface area contributed by atoms with Crippen LogP contribution in [0.1, 0.15) is 57.4 Å². The van der Waals surface area contributed by atoms with E-state index >= 15 is 0 Å². The molecule has 6 heteroatoms. The molecule has 0 bridgehead atoms. The van der Waals surface area contributed by atoms with Gasteiger partial charge < -0.3 is 9.84 Å². The SMILES string of the molecule is CCCCCCOc1cc(O)c(-c2ncncn2)cc1CN1CCCCC1. The molecule has 2 heterocycles. The van der Waals surface area contributed by atoms with Gasteiger partial charge in [0.1, 0.15) is 24.2 Å². The molecule has 0 unspecified atom stereocenters. The van der Waals surface area contributed by atoms with Crippen LogP contribution in [-0.4, -0.2) is 44.7 Å². The largest absolute Gasteiger partial charge is 0.507 e. The molecule has 27 heavy (non-hydrogen) atoms. The predicted molar refractivity (Wildman–Crippen MR) is 106 cm³/mol. The Morgan fingerprint density at radius 1 is 1.04 bits per heavy atom. The van der Waals surface area contributed by atoms with Gasteiger partial charge in [-0.2, -0.15) is 0 Å². The molecule has 1 aromatic heterocycles. The Morgan fingerprint density at radius 3 is 2.56 bits per heavy atom. The molecular formula is C21H30N4O2. The Morgan fingerprint density at radius 2 is 1.81 bits per heavy atom. The fraction of sp³-hybridized carbons (Fsp3) is 0.571. The summed E-state index contributed by atoms with van der Waals surface area (Å²) in [5.41, 5.74) is 1.71. The van der Waals surface area contributed by atoms with Crippen LogP contribution in [0.3, 0.4) is 0 Å². The van der Waals surface area contributed by atoms with E-state index in [-0.39, 0.29) is 5.75 Å². The number of unbranched alkanes of at least 4 members (excludes halogenated alkanes) is 3. The lowest BCUT2D eigenvalue weighted by atomic mass is 10.0. The highest BCUT2D eigenvalue weighted by molar-refractivity contribution is 5.67. The van der Waals surface area contributed by atoms with Crippen molar-refractivity contribution in [1.82, 2.24) is 19.9 Å². The van der Waals surface area contributed by atoms with Gasteiger partial charge in [-0.1, -0.05) is 32.6 Å². The number of aromatic nitrogens is 3. The fourth-order valence-corrected chi connectivity index (χ4v) is 3.50. The topological polar surface area (TPSA) is 71.4 Å². The zero-order valence-electron chi connectivity index (χ0n) is 16.2. The van der Waals surface area contributed by atoms with E-state index in [2.05, 4.69) is 26.8 Å². The Balaban J connectivity index is 1.80. The quantitative estimate of drug-likeness (QED) is 0.667. The maximum Gasteiger partial charge on any atom is 0.166 e. The number of benzene rings is 1. The number of likely N-dealkylation sites (tertiary alicyclic amines) is 1. The van der Waals surface area contributed by atoms with Gasteiger partial charge in [-0.05, 0) is 38.4 Å². The van der Waals surface area contributed by atoms with Crippen molar-refractivity contribution in [2.24, 2.45) is 0 Å². The first-order chi connectivity index (χ1) is 13.3. The van der Waals surface area contributed by atoms with Gasteiger partial charge in [-0.15, -0.1) is 0 Å². The van der Waals surface area contributed by atoms with E-state index < -0.39 is 0 Å². The Bertz CT molecular complexity index is 703. The van der Waals surface area contributed by atoms with Crippen LogP contribution in [-0.2, 0) is 6.54 Å². The molecule has 3 rings (SSSR count). The molecule has 0 radical (unpaired) electrons. The molecule has 0 aliphatic carbocycles. The minimum atomic E-state index is 0.146. The summed E-state index contributed by atoms with van der Waals surface area (Å²) in [6, 6.07) is 3.69. The first kappa shape index (κ1) is 19.5. The number of piperidine rings is 1. The van der Waals surface area contributed by atoms with E-state index in [1.54, 1.807) is 6.07 Å². The number of hydrogen-bond acceptors (Lipinski definition) is 6. The first-order valence-electron chi connectivity index (χ1n) is 10.1. The molecule has 1 aliphatic rings. The number of ether oxygens (including phenoxy) is 1. The van der Waals surface area contributed by atoms with Crippen molar-refractivity contribution in [2.45, 2.75) is 58.4 Å². The number of phenolic OH excluding ortho intramolecular Hbond substituents is 1. The van der Waals surface area contributed by atoms with Gasteiger partial charge in [0.2, 0.25) is 0 Å². The van der Waals surface area contributed by atoms with Crippen LogP contribution in [0.4, 0.5) is 0 Å². The zero-order chi connectivity index (χ0) is 18.9. The molecule has 0 atom stereocenters. The summed E-state index contributed by atoms with van der Waals surface area (Å²) in [6.45, 7) is 5.92. The monoisotopic (exact) mass is 370 g/mol. The van der Waals surface area contributed by atoms with E-state index in [4.69, 9.17) is 4.74 Å². The first-order valence-corrected chi connectivity index (χ1v) is 10.1. The molecule has 1 fully saturated rings. The second-order valence-corrected chi connectivity index (χ2v) is 7.18. The summed E-state index contributed by atoms with van der Waals surface area (Å²) in [5.74, 6) is 1.40. The van der Waals surface area contributed by atoms with Crippen LogP contribution < -0.4 is 4.74 Å². The molecule has 0 saturated carbocycles. The maximum atomic E-state index is 10.5. The van der Waals surface area contributed by atoms with Crippen molar-refractivity contribution in [1.29, 1.82) is 0 Å². The highest BCUT2D eigenvalue weighted by atomic mass is 16.5. The number of rotatable bonds is 9. The van der Waals surface area contributed by atoms with Gasteiger partial charge in [-0.3, -0.25) is 4.90 Å². The number of phenols is 1. The normalized spacial score (nSPS) is 15.0. The highest BCUT2D eigenvalue weighted by Crippen LogP contribution is 2.35. The van der Waals surface area contributed by atoms with Crippen LogP contribution >= 0.6 is 0 Å². The molecule has 1 saturated heterocycles. The van der Waals surface area contributed by atoms with E-state index in [1.807, 2.05) is 6.07 Å². The smallest absolute Gasteiger partial charge is 0.166 e. The molecule has 1 N–H and O–H groups in total. The Hall–Kier alpha value is -2.21. The lowest BCUT2D eigenvalue weighted by Gasteiger charge is -2.27. The third-order valence-electron chi connectivity index (χ3n) is 5.01. The Labute approximate surface area is 161 Å². The second-order valence-electron chi connectivity index (χ2n) is 7.18. The van der Waals surface area contributed by atoms with Crippen LogP contribution in [0.2, 0.25) is 0 Å². The van der Waals surface area contributed by atoms with Crippen LogP contribution in [0, 0.1) is 0 Å². The van der Waals surface area contributed by atoms with Crippen LogP contribution in [0.5, 0.6) is 11.5 Å². The molecule has 0 spiro atoms. The van der Waals surface area contributed by atoms with E-state index in [9.17, 15) is 5.11 Å². The molecular weight excluding hydrogens is 340 g/mol. The van der Waals surface area contributed by atoms with Crippen molar-refractivity contribution >= 4 is 0 Å². The summed E-state index contributed by atoms with van der Waals surface area (Å²) >= 11 is 0. The fourth-order valence-electron chi connectivity index (χ4n) is 3.50. The lowest BCUT2D eigenvalue weighted by Crippen LogP contribution is -2.29. The van der Waals surface area contributed by atoms with Crippen molar-refractivity contribution in [2.75, 3.05) is 19.7 Å². The molecule has 2 aromatic rings. The third kappa shape index (κ3) is 5.63. The summed E-state index contributed by atoms with van der Waals surface area (Å²) in [7, 11) is 0. The van der Waals surface area contributed by atoms with Crippen molar-refractivity contribution in [3.05, 3.63) is 30.4 Å². The van der Waals surface area contributed by atoms with Crippen molar-refractivity contribution in [3.63, 3.8) is 0 Å². The number of nitrogens with zero attached hydrogens (tertiary/aromatic N) is 4. The van der Waals surface area contributed by atoms with E-state index in [0.717, 1.165) is 37.4 Å². The maximum absolute atomic E-state index is 10.5. The van der Waals surface area contributed by atoms with Gasteiger partial charge in [0.15, 0.2) is 5.82 Å². The minimum Gasteiger partial charge on any atom is -0.507 e. The average molecular weight is 370 g/mol. The standard InChI is InChI=1S/C21H30N4O2/c1-2-3-4-8-11-27-20-13-19(26)18(21-23-15-22-16-24-21)12-17(20)14-25-9-6-5-7-10-25/h12-13,15-16,26H,2-11,14H2,1H3. The van der Waals surface area contributed by atoms with Gasteiger partial charge in [0.25, 0.3) is 0 Å². The summed E-state index contributed by atoms with van der Waals surface area (Å²) < 4.78 is 6.06. The molecule has 0 amide bonds. The summed E-state index contributed by atoms with van der Waals surface area (Å²) in [5, 5.41) is 10.5. The summed E-state index contributed by atoms with van der Waals surface area (Å²) in [4.78, 5) is 14.7. The second kappa shape index (κ2) is 10.2. The average Bonchev–Trinajstić information content (AvgIpc) is 2.71. The van der Waals surface area contributed by atoms with Gasteiger partial charge in [-0.25, -0.2) is 15.0 Å². The number of aromatic hydroxyl groups is 1. The zero-order valence-corrected chi connectivity index (χ0v) is 16.2. The van der Waals surface area contributed by atoms with E-state index in [0.29, 0.717) is 18.0 Å². The predicted octanol–water partition coefficient (Wildman–Crippen LogP) is 4.19. The van der Waals surface area contributed by atoms with Crippen LogP contribution in [0.15, 0.2) is 24.8 Å². The molecule has 1 aliphatic heterocycles. The van der Waals surface area contributed by atoms with Crippen molar-refractivity contribution in [3.8, 4) is 22.9 Å². The summed E-state index contributed by atoms with van der Waals surface area (Å²) in [6.07, 6.45) is 11.3. The van der Waals surface area contributed by atoms with E-state index in [1.165, 1.54) is 51.2 Å².